The minimum absolute atomic E-state index is 0.0781. The van der Waals surface area contributed by atoms with Gasteiger partial charge in [0.1, 0.15) is 0 Å². The van der Waals surface area contributed by atoms with Crippen molar-refractivity contribution in [3.05, 3.63) is 156 Å². The van der Waals surface area contributed by atoms with Gasteiger partial charge in [0.2, 0.25) is 0 Å². The van der Waals surface area contributed by atoms with Crippen LogP contribution in [0.1, 0.15) is 0 Å². The second-order valence-electron chi connectivity index (χ2n) is 9.63. The average Bonchev–Trinajstić information content (AvgIpc) is 3.02. The number of benzene rings is 6. The first-order valence-electron chi connectivity index (χ1n) is 13.1. The number of nitro benzene ring substituents is 1. The molecule has 0 aromatic heterocycles. The van der Waals surface area contributed by atoms with E-state index in [2.05, 4.69) is 108 Å². The molecule has 0 saturated heterocycles. The molecule has 194 valence electrons. The maximum absolute atomic E-state index is 11.2. The fourth-order valence-electron chi connectivity index (χ4n) is 4.98. The van der Waals surface area contributed by atoms with Gasteiger partial charge in [0.15, 0.2) is 0 Å². The summed E-state index contributed by atoms with van der Waals surface area (Å²) in [6, 6.07) is 48.9. The highest BCUT2D eigenvalue weighted by atomic mass is 16.6. The summed E-state index contributed by atoms with van der Waals surface area (Å²) in [5.74, 6) is 0. The van der Waals surface area contributed by atoms with Crippen LogP contribution < -0.4 is 9.80 Å². The van der Waals surface area contributed by atoms with Gasteiger partial charge < -0.3 is 9.80 Å². The number of nitrogens with zero attached hydrogens (tertiary/aromatic N) is 3. The van der Waals surface area contributed by atoms with Gasteiger partial charge in [-0.05, 0) is 76.5 Å². The summed E-state index contributed by atoms with van der Waals surface area (Å²) in [4.78, 5) is 15.0. The summed E-state index contributed by atoms with van der Waals surface area (Å²) in [5.41, 5.74) is 7.28. The van der Waals surface area contributed by atoms with Crippen molar-refractivity contribution in [2.24, 2.45) is 0 Å². The highest BCUT2D eigenvalue weighted by Gasteiger charge is 2.14. The van der Waals surface area contributed by atoms with E-state index in [4.69, 9.17) is 0 Å². The van der Waals surface area contributed by atoms with Gasteiger partial charge in [-0.15, -0.1) is 0 Å². The lowest BCUT2D eigenvalue weighted by atomic mass is 10.0. The summed E-state index contributed by atoms with van der Waals surface area (Å²) in [6.07, 6.45) is 0. The van der Waals surface area contributed by atoms with E-state index < -0.39 is 0 Å². The standard InChI is InChI=1S/C35H27N3O2/c1-36(33-12-7-13-35(25-33)38(39)40)30-19-14-27(15-20-30)28-16-21-32(22-17-28)37(31-10-3-2-4-11-31)34-23-18-26-8-5-6-9-29(26)24-34/h2-25H,1H3. The van der Waals surface area contributed by atoms with Crippen molar-refractivity contribution < 1.29 is 4.92 Å². The van der Waals surface area contributed by atoms with Gasteiger partial charge in [-0.2, -0.15) is 0 Å². The van der Waals surface area contributed by atoms with Crippen LogP contribution in [0.2, 0.25) is 0 Å². The van der Waals surface area contributed by atoms with Gasteiger partial charge in [-0.1, -0.05) is 78.9 Å². The zero-order chi connectivity index (χ0) is 27.5. The molecule has 40 heavy (non-hydrogen) atoms. The van der Waals surface area contributed by atoms with Crippen LogP contribution in [0.5, 0.6) is 0 Å². The lowest BCUT2D eigenvalue weighted by Gasteiger charge is -2.26. The van der Waals surface area contributed by atoms with E-state index in [1.165, 1.54) is 16.8 Å². The zero-order valence-corrected chi connectivity index (χ0v) is 22.0. The van der Waals surface area contributed by atoms with Crippen molar-refractivity contribution in [3.8, 4) is 11.1 Å². The quantitative estimate of drug-likeness (QED) is 0.155. The highest BCUT2D eigenvalue weighted by Crippen LogP contribution is 2.37. The van der Waals surface area contributed by atoms with Crippen molar-refractivity contribution in [2.75, 3.05) is 16.8 Å². The summed E-state index contributed by atoms with van der Waals surface area (Å²) in [7, 11) is 1.91. The minimum Gasteiger partial charge on any atom is -0.344 e. The fourth-order valence-corrected chi connectivity index (χ4v) is 4.98. The molecule has 0 spiro atoms. The number of nitro groups is 1. The average molecular weight is 522 g/mol. The van der Waals surface area contributed by atoms with Crippen LogP contribution in [-0.4, -0.2) is 12.0 Å². The predicted molar refractivity (Wildman–Crippen MR) is 165 cm³/mol. The lowest BCUT2D eigenvalue weighted by Crippen LogP contribution is -2.09. The number of hydrogen-bond acceptors (Lipinski definition) is 4. The topological polar surface area (TPSA) is 49.6 Å². The largest absolute Gasteiger partial charge is 0.344 e. The molecule has 0 aliphatic rings. The predicted octanol–water partition coefficient (Wildman–Crippen LogP) is 9.65. The Labute approximate surface area is 233 Å². The normalized spacial score (nSPS) is 10.8. The molecule has 6 rings (SSSR count). The van der Waals surface area contributed by atoms with Crippen LogP contribution in [0.15, 0.2) is 146 Å². The van der Waals surface area contributed by atoms with Crippen LogP contribution >= 0.6 is 0 Å². The third-order valence-electron chi connectivity index (χ3n) is 7.15. The summed E-state index contributed by atoms with van der Waals surface area (Å²) < 4.78 is 0. The summed E-state index contributed by atoms with van der Waals surface area (Å²) in [6.45, 7) is 0. The van der Waals surface area contributed by atoms with Gasteiger partial charge in [-0.3, -0.25) is 10.1 Å². The van der Waals surface area contributed by atoms with Crippen molar-refractivity contribution in [1.82, 2.24) is 0 Å². The number of anilines is 5. The number of fused-ring (bicyclic) bond motifs is 1. The van der Waals surface area contributed by atoms with E-state index in [1.54, 1.807) is 12.1 Å². The molecule has 0 aliphatic carbocycles. The van der Waals surface area contributed by atoms with Gasteiger partial charge in [0.25, 0.3) is 5.69 Å². The Hall–Kier alpha value is -5.42. The molecule has 6 aromatic carbocycles. The molecule has 0 unspecified atom stereocenters. The van der Waals surface area contributed by atoms with Gasteiger partial charge >= 0.3 is 0 Å². The maximum atomic E-state index is 11.2. The second-order valence-corrected chi connectivity index (χ2v) is 9.63. The van der Waals surface area contributed by atoms with Gasteiger partial charge in [-0.25, -0.2) is 0 Å². The van der Waals surface area contributed by atoms with Crippen LogP contribution in [0, 0.1) is 10.1 Å². The summed E-state index contributed by atoms with van der Waals surface area (Å²) in [5, 5.41) is 13.6. The molecule has 0 N–H and O–H groups in total. The van der Waals surface area contributed by atoms with E-state index in [0.29, 0.717) is 0 Å². The molecule has 0 amide bonds. The van der Waals surface area contributed by atoms with Crippen molar-refractivity contribution in [2.45, 2.75) is 0 Å². The fraction of sp³-hybridized carbons (Fsp3) is 0.0286. The van der Waals surface area contributed by atoms with Crippen molar-refractivity contribution >= 4 is 44.9 Å². The van der Waals surface area contributed by atoms with E-state index >= 15 is 0 Å². The van der Waals surface area contributed by atoms with Crippen LogP contribution in [-0.2, 0) is 0 Å². The Kier molecular flexibility index (Phi) is 6.69. The molecule has 6 aromatic rings. The maximum Gasteiger partial charge on any atom is 0.271 e. The van der Waals surface area contributed by atoms with Crippen molar-refractivity contribution in [3.63, 3.8) is 0 Å². The first kappa shape index (κ1) is 24.9. The molecule has 0 radical (unpaired) electrons. The molecule has 0 heterocycles. The minimum atomic E-state index is -0.372. The molecule has 0 bridgehead atoms. The SMILES string of the molecule is CN(c1ccc(-c2ccc(N(c3ccccc3)c3ccc4ccccc4c3)cc2)cc1)c1cccc([N+](=O)[O-])c1. The van der Waals surface area contributed by atoms with Gasteiger partial charge in [0.05, 0.1) is 4.92 Å². The zero-order valence-electron chi connectivity index (χ0n) is 22.0. The third-order valence-corrected chi connectivity index (χ3v) is 7.15. The molecule has 5 heteroatoms. The van der Waals surface area contributed by atoms with E-state index in [9.17, 15) is 10.1 Å². The summed E-state index contributed by atoms with van der Waals surface area (Å²) >= 11 is 0. The second kappa shape index (κ2) is 10.8. The number of hydrogen-bond donors (Lipinski definition) is 0. The Bertz CT molecular complexity index is 1780. The molecule has 0 aliphatic heterocycles. The lowest BCUT2D eigenvalue weighted by molar-refractivity contribution is -0.384. The first-order chi connectivity index (χ1) is 19.6. The van der Waals surface area contributed by atoms with Crippen molar-refractivity contribution in [1.29, 1.82) is 0 Å². The number of rotatable bonds is 7. The Morgan fingerprint density at radius 1 is 0.500 bits per heavy atom. The molecular weight excluding hydrogens is 494 g/mol. The molecule has 0 atom stereocenters. The molecule has 0 saturated carbocycles. The molecule has 0 fully saturated rings. The number of non-ortho nitro benzene ring substituents is 1. The Morgan fingerprint density at radius 2 is 1.05 bits per heavy atom. The van der Waals surface area contributed by atoms with Crippen LogP contribution in [0.25, 0.3) is 21.9 Å². The smallest absolute Gasteiger partial charge is 0.271 e. The Morgan fingerprint density at radius 3 is 1.73 bits per heavy atom. The highest BCUT2D eigenvalue weighted by molar-refractivity contribution is 5.89. The Balaban J connectivity index is 1.29. The molecule has 5 nitrogen and oxygen atoms in total. The molecular formula is C35H27N3O2. The van der Waals surface area contributed by atoms with E-state index in [-0.39, 0.29) is 10.6 Å². The van der Waals surface area contributed by atoms with E-state index in [0.717, 1.165) is 39.6 Å². The number of para-hydroxylation sites is 1. The monoisotopic (exact) mass is 521 g/mol. The van der Waals surface area contributed by atoms with Crippen LogP contribution in [0.4, 0.5) is 34.1 Å². The van der Waals surface area contributed by atoms with Gasteiger partial charge in [0, 0.05) is 47.6 Å². The first-order valence-corrected chi connectivity index (χ1v) is 13.1. The third kappa shape index (κ3) is 5.00. The van der Waals surface area contributed by atoms with E-state index in [1.807, 2.05) is 36.2 Å². The van der Waals surface area contributed by atoms with Crippen LogP contribution in [0.3, 0.4) is 0 Å².